The van der Waals surface area contributed by atoms with Gasteiger partial charge in [-0.05, 0) is 63.9 Å². The molecule has 1 aromatic rings. The van der Waals surface area contributed by atoms with E-state index in [0.717, 1.165) is 19.3 Å². The van der Waals surface area contributed by atoms with Crippen LogP contribution in [0.4, 0.5) is 9.18 Å². The first kappa shape index (κ1) is 18.8. The number of carbonyl (C=O) groups is 1. The van der Waals surface area contributed by atoms with Crippen molar-refractivity contribution in [2.45, 2.75) is 64.9 Å². The Kier molecular flexibility index (Phi) is 5.89. The molecule has 1 aliphatic carbocycles. The van der Waals surface area contributed by atoms with E-state index in [4.69, 9.17) is 4.74 Å². The topological polar surface area (TPSA) is 38.3 Å². The third-order valence-corrected chi connectivity index (χ3v) is 4.71. The van der Waals surface area contributed by atoms with Crippen LogP contribution in [0.1, 0.15) is 63.5 Å². The zero-order valence-electron chi connectivity index (χ0n) is 15.3. The van der Waals surface area contributed by atoms with Gasteiger partial charge in [-0.2, -0.15) is 0 Å². The Balaban J connectivity index is 1.98. The molecule has 1 amide bonds. The number of ether oxygens (including phenoxy) is 1. The molecule has 1 N–H and O–H groups in total. The molecule has 4 heteroatoms. The molecule has 2 atom stereocenters. The minimum atomic E-state index is -0.495. The maximum Gasteiger partial charge on any atom is 0.407 e. The minimum Gasteiger partial charge on any atom is -0.444 e. The molecule has 0 aliphatic heterocycles. The van der Waals surface area contributed by atoms with Crippen LogP contribution in [0.5, 0.6) is 0 Å². The van der Waals surface area contributed by atoms with Gasteiger partial charge in [0.05, 0.1) is 6.67 Å². The molecule has 134 valence electrons. The molecule has 1 aromatic carbocycles. The summed E-state index contributed by atoms with van der Waals surface area (Å²) in [6.07, 6.45) is 3.05. The molecule has 0 heterocycles. The highest BCUT2D eigenvalue weighted by molar-refractivity contribution is 5.67. The highest BCUT2D eigenvalue weighted by Gasteiger charge is 2.53. The predicted octanol–water partition coefficient (Wildman–Crippen LogP) is 5.13. The van der Waals surface area contributed by atoms with Crippen molar-refractivity contribution in [2.24, 2.45) is 5.41 Å². The van der Waals surface area contributed by atoms with E-state index in [2.05, 4.69) is 36.5 Å². The first-order valence-corrected chi connectivity index (χ1v) is 8.85. The van der Waals surface area contributed by atoms with Gasteiger partial charge in [0.15, 0.2) is 0 Å². The monoisotopic (exact) mass is 335 g/mol. The summed E-state index contributed by atoms with van der Waals surface area (Å²) in [4.78, 5) is 12.0. The van der Waals surface area contributed by atoms with Crippen molar-refractivity contribution in [1.82, 2.24) is 5.32 Å². The van der Waals surface area contributed by atoms with Crippen molar-refractivity contribution in [3.63, 3.8) is 0 Å². The van der Waals surface area contributed by atoms with Crippen molar-refractivity contribution in [3.05, 3.63) is 35.4 Å². The molecule has 1 saturated carbocycles. The fraction of sp³-hybridized carbons (Fsp3) is 0.650. The summed E-state index contributed by atoms with van der Waals surface area (Å²) in [5.41, 5.74) is 2.10. The van der Waals surface area contributed by atoms with E-state index in [1.165, 1.54) is 11.1 Å². The van der Waals surface area contributed by atoms with Crippen molar-refractivity contribution < 1.29 is 13.9 Å². The second-order valence-corrected chi connectivity index (χ2v) is 8.03. The number of rotatable bonds is 7. The van der Waals surface area contributed by atoms with Gasteiger partial charge in [-0.1, -0.05) is 36.2 Å². The molecule has 24 heavy (non-hydrogen) atoms. The average Bonchev–Trinajstić information content (AvgIpc) is 3.20. The van der Waals surface area contributed by atoms with Gasteiger partial charge in [0.2, 0.25) is 0 Å². The van der Waals surface area contributed by atoms with Gasteiger partial charge in [-0.15, -0.1) is 0 Å². The second-order valence-electron chi connectivity index (χ2n) is 8.03. The molecular weight excluding hydrogens is 305 g/mol. The molecule has 0 radical (unpaired) electrons. The molecule has 1 fully saturated rings. The number of hydrogen-bond donors (Lipinski definition) is 1. The maximum absolute atomic E-state index is 12.5. The van der Waals surface area contributed by atoms with Gasteiger partial charge in [-0.3, -0.25) is 4.39 Å². The Labute approximate surface area is 145 Å². The number of nitrogens with one attached hydrogen (secondary N) is 1. The predicted molar refractivity (Wildman–Crippen MR) is 95.0 cm³/mol. The molecule has 0 spiro atoms. The normalized spacial score (nSPS) is 23.0. The van der Waals surface area contributed by atoms with E-state index >= 15 is 0 Å². The number of hydrogen-bond acceptors (Lipinski definition) is 2. The first-order chi connectivity index (χ1) is 11.3. The summed E-state index contributed by atoms with van der Waals surface area (Å²) in [6, 6.07) is 8.59. The van der Waals surface area contributed by atoms with Gasteiger partial charge in [0, 0.05) is 6.54 Å². The van der Waals surface area contributed by atoms with E-state index < -0.39 is 5.60 Å². The number of alkyl carbamates (subject to hydrolysis) is 1. The lowest BCUT2D eigenvalue weighted by atomic mass is 9.92. The summed E-state index contributed by atoms with van der Waals surface area (Å²) in [5.74, 6) is 0.438. The number of carbonyl (C=O) groups excluding carboxylic acids is 1. The Bertz CT molecular complexity index is 550. The summed E-state index contributed by atoms with van der Waals surface area (Å²) >= 11 is 0. The van der Waals surface area contributed by atoms with E-state index in [1.807, 2.05) is 20.8 Å². The van der Waals surface area contributed by atoms with Crippen molar-refractivity contribution >= 4 is 6.09 Å². The Hall–Kier alpha value is -1.58. The summed E-state index contributed by atoms with van der Waals surface area (Å²) < 4.78 is 17.8. The number of aryl methyl sites for hydroxylation is 1. The van der Waals surface area contributed by atoms with Gasteiger partial charge in [0.25, 0.3) is 0 Å². The van der Waals surface area contributed by atoms with E-state index in [-0.39, 0.29) is 18.2 Å². The number of unbranched alkanes of at least 4 members (excludes halogenated alkanes) is 1. The molecular formula is C20H30FNO2. The van der Waals surface area contributed by atoms with Gasteiger partial charge in [0.1, 0.15) is 5.60 Å². The van der Waals surface area contributed by atoms with Crippen LogP contribution in [-0.4, -0.2) is 24.9 Å². The Morgan fingerprint density at radius 2 is 1.96 bits per heavy atom. The first-order valence-electron chi connectivity index (χ1n) is 8.85. The van der Waals surface area contributed by atoms with Crippen LogP contribution in [0, 0.1) is 12.3 Å². The molecule has 3 nitrogen and oxygen atoms in total. The molecule has 0 saturated heterocycles. The number of amides is 1. The SMILES string of the molecule is Cc1ccc([C@H]2C[C@@]2(CCCCF)CNC(=O)OC(C)(C)C)cc1. The standard InChI is InChI=1S/C20H30FNO2/c1-15-7-9-16(10-8-15)17-13-20(17,11-5-6-12-21)14-22-18(23)24-19(2,3)4/h7-10,17H,5-6,11-14H2,1-4H3,(H,22,23)/t17-,20+/m1/s1. The lowest BCUT2D eigenvalue weighted by Crippen LogP contribution is -2.36. The summed E-state index contributed by atoms with van der Waals surface area (Å²) in [5, 5.41) is 2.93. The lowest BCUT2D eigenvalue weighted by Gasteiger charge is -2.22. The lowest BCUT2D eigenvalue weighted by molar-refractivity contribution is 0.0514. The molecule has 0 unspecified atom stereocenters. The smallest absolute Gasteiger partial charge is 0.407 e. The van der Waals surface area contributed by atoms with Crippen LogP contribution in [0.3, 0.4) is 0 Å². The van der Waals surface area contributed by atoms with Gasteiger partial charge < -0.3 is 10.1 Å². The number of benzene rings is 1. The third-order valence-electron chi connectivity index (χ3n) is 4.71. The molecule has 0 aromatic heterocycles. The maximum atomic E-state index is 12.5. The Morgan fingerprint density at radius 3 is 2.54 bits per heavy atom. The van der Waals surface area contributed by atoms with Crippen LogP contribution in [0.25, 0.3) is 0 Å². The van der Waals surface area contributed by atoms with Crippen molar-refractivity contribution in [1.29, 1.82) is 0 Å². The highest BCUT2D eigenvalue weighted by atomic mass is 19.1. The summed E-state index contributed by atoms with van der Waals surface area (Å²) in [6.45, 7) is 7.97. The summed E-state index contributed by atoms with van der Waals surface area (Å²) in [7, 11) is 0. The third kappa shape index (κ3) is 5.22. The average molecular weight is 335 g/mol. The van der Waals surface area contributed by atoms with Crippen molar-refractivity contribution in [3.8, 4) is 0 Å². The Morgan fingerprint density at radius 1 is 1.29 bits per heavy atom. The van der Waals surface area contributed by atoms with E-state index in [9.17, 15) is 9.18 Å². The highest BCUT2D eigenvalue weighted by Crippen LogP contribution is 2.61. The fourth-order valence-corrected chi connectivity index (χ4v) is 3.31. The van der Waals surface area contributed by atoms with Crippen LogP contribution in [0.15, 0.2) is 24.3 Å². The van der Waals surface area contributed by atoms with Crippen LogP contribution in [0.2, 0.25) is 0 Å². The van der Waals surface area contributed by atoms with E-state index in [0.29, 0.717) is 18.9 Å². The van der Waals surface area contributed by atoms with Crippen LogP contribution >= 0.6 is 0 Å². The fourth-order valence-electron chi connectivity index (χ4n) is 3.31. The molecule has 1 aliphatic rings. The zero-order chi connectivity index (χ0) is 17.8. The molecule has 2 rings (SSSR count). The van der Waals surface area contributed by atoms with Crippen LogP contribution < -0.4 is 5.32 Å². The number of halogens is 1. The van der Waals surface area contributed by atoms with Gasteiger partial charge in [-0.25, -0.2) is 4.79 Å². The second kappa shape index (κ2) is 7.54. The van der Waals surface area contributed by atoms with Crippen LogP contribution in [-0.2, 0) is 4.74 Å². The largest absolute Gasteiger partial charge is 0.444 e. The zero-order valence-corrected chi connectivity index (χ0v) is 15.3. The van der Waals surface area contributed by atoms with Crippen molar-refractivity contribution in [2.75, 3.05) is 13.2 Å². The van der Waals surface area contributed by atoms with Gasteiger partial charge >= 0.3 is 6.09 Å². The minimum absolute atomic E-state index is 0.0430. The molecule has 0 bridgehead atoms. The number of alkyl halides is 1. The quantitative estimate of drug-likeness (QED) is 0.701. The van der Waals surface area contributed by atoms with E-state index in [1.54, 1.807) is 0 Å².